The van der Waals surface area contributed by atoms with Crippen LogP contribution < -0.4 is 5.32 Å². The summed E-state index contributed by atoms with van der Waals surface area (Å²) in [5, 5.41) is 3.01. The van der Waals surface area contributed by atoms with Crippen LogP contribution in [0.1, 0.15) is 67.7 Å². The lowest BCUT2D eigenvalue weighted by atomic mass is 9.86. The SMILES string of the molecule is Cc1ccc2c(c1)[C@H](c1ccccc1)N(C(=O)CCC1CCCCC1)CC(=O)N2. The molecular weight excluding hydrogens is 360 g/mol. The van der Waals surface area contributed by atoms with E-state index in [0.717, 1.165) is 28.8 Å². The predicted molar refractivity (Wildman–Crippen MR) is 116 cm³/mol. The Labute approximate surface area is 173 Å². The maximum Gasteiger partial charge on any atom is 0.244 e. The lowest BCUT2D eigenvalue weighted by Gasteiger charge is -2.31. The summed E-state index contributed by atoms with van der Waals surface area (Å²) < 4.78 is 0. The molecule has 0 unspecified atom stereocenters. The van der Waals surface area contributed by atoms with E-state index in [0.29, 0.717) is 12.3 Å². The Morgan fingerprint density at radius 1 is 1.07 bits per heavy atom. The van der Waals surface area contributed by atoms with Gasteiger partial charge >= 0.3 is 0 Å². The molecule has 1 aliphatic heterocycles. The molecule has 2 amide bonds. The number of aryl methyl sites for hydroxylation is 1. The molecule has 4 heteroatoms. The van der Waals surface area contributed by atoms with Crippen molar-refractivity contribution in [2.24, 2.45) is 5.92 Å². The zero-order chi connectivity index (χ0) is 20.2. The molecule has 4 nitrogen and oxygen atoms in total. The molecule has 1 N–H and O–H groups in total. The minimum absolute atomic E-state index is 0.0777. The van der Waals surface area contributed by atoms with Crippen molar-refractivity contribution in [3.8, 4) is 0 Å². The van der Waals surface area contributed by atoms with Crippen molar-refractivity contribution >= 4 is 17.5 Å². The fourth-order valence-electron chi connectivity index (χ4n) is 4.80. The minimum Gasteiger partial charge on any atom is -0.324 e. The van der Waals surface area contributed by atoms with Crippen LogP contribution >= 0.6 is 0 Å². The zero-order valence-electron chi connectivity index (χ0n) is 17.2. The minimum atomic E-state index is -0.246. The van der Waals surface area contributed by atoms with Crippen molar-refractivity contribution in [1.82, 2.24) is 4.90 Å². The summed E-state index contributed by atoms with van der Waals surface area (Å²) in [6.45, 7) is 2.14. The van der Waals surface area contributed by atoms with Crippen molar-refractivity contribution in [2.75, 3.05) is 11.9 Å². The van der Waals surface area contributed by atoms with Crippen molar-refractivity contribution in [3.63, 3.8) is 0 Å². The molecule has 0 spiro atoms. The van der Waals surface area contributed by atoms with Gasteiger partial charge < -0.3 is 10.2 Å². The molecule has 1 fully saturated rings. The third-order valence-corrected chi connectivity index (χ3v) is 6.33. The molecule has 2 aromatic carbocycles. The molecule has 2 aliphatic rings. The average Bonchev–Trinajstić information content (AvgIpc) is 2.89. The van der Waals surface area contributed by atoms with Crippen LogP contribution in [0.3, 0.4) is 0 Å². The molecule has 29 heavy (non-hydrogen) atoms. The van der Waals surface area contributed by atoms with Gasteiger partial charge in [0.15, 0.2) is 0 Å². The second-order valence-corrected chi connectivity index (χ2v) is 8.52. The Morgan fingerprint density at radius 2 is 1.83 bits per heavy atom. The molecule has 1 saturated carbocycles. The van der Waals surface area contributed by atoms with Crippen LogP contribution in [0.15, 0.2) is 48.5 Å². The molecule has 1 aliphatic carbocycles. The monoisotopic (exact) mass is 390 g/mol. The summed E-state index contributed by atoms with van der Waals surface area (Å²) in [4.78, 5) is 27.8. The van der Waals surface area contributed by atoms with E-state index < -0.39 is 0 Å². The van der Waals surface area contributed by atoms with E-state index in [9.17, 15) is 9.59 Å². The van der Waals surface area contributed by atoms with Crippen molar-refractivity contribution in [1.29, 1.82) is 0 Å². The molecule has 152 valence electrons. The molecule has 0 saturated heterocycles. The first-order valence-electron chi connectivity index (χ1n) is 10.9. The number of hydrogen-bond acceptors (Lipinski definition) is 2. The average molecular weight is 391 g/mol. The van der Waals surface area contributed by atoms with Gasteiger partial charge in [0.1, 0.15) is 6.54 Å². The number of nitrogens with one attached hydrogen (secondary N) is 1. The van der Waals surface area contributed by atoms with Gasteiger partial charge in [0, 0.05) is 17.7 Å². The highest BCUT2D eigenvalue weighted by molar-refractivity contribution is 5.97. The Bertz CT molecular complexity index is 872. The van der Waals surface area contributed by atoms with Crippen molar-refractivity contribution < 1.29 is 9.59 Å². The van der Waals surface area contributed by atoms with E-state index >= 15 is 0 Å². The van der Waals surface area contributed by atoms with Gasteiger partial charge in [0.2, 0.25) is 11.8 Å². The number of benzene rings is 2. The summed E-state index contributed by atoms with van der Waals surface area (Å²) in [5.41, 5.74) is 3.96. The normalized spacial score (nSPS) is 20.0. The highest BCUT2D eigenvalue weighted by Crippen LogP contribution is 2.37. The van der Waals surface area contributed by atoms with Crippen LogP contribution in [0, 0.1) is 12.8 Å². The fraction of sp³-hybridized carbons (Fsp3) is 0.440. The molecule has 0 bridgehead atoms. The van der Waals surface area contributed by atoms with Crippen LogP contribution in [0.4, 0.5) is 5.69 Å². The van der Waals surface area contributed by atoms with E-state index in [1.807, 2.05) is 49.4 Å². The van der Waals surface area contributed by atoms with Crippen LogP contribution in [-0.2, 0) is 9.59 Å². The summed E-state index contributed by atoms with van der Waals surface area (Å²) in [5.74, 6) is 0.603. The van der Waals surface area contributed by atoms with E-state index in [2.05, 4.69) is 11.4 Å². The van der Waals surface area contributed by atoms with E-state index in [1.54, 1.807) is 4.90 Å². The predicted octanol–water partition coefficient (Wildman–Crippen LogP) is 5.23. The molecular formula is C25H30N2O2. The third kappa shape index (κ3) is 4.52. The first kappa shape index (κ1) is 19.7. The standard InChI is InChI=1S/C25H30N2O2/c1-18-12-14-22-21(16-18)25(20-10-6-3-7-11-20)27(17-23(28)26-22)24(29)15-13-19-8-4-2-5-9-19/h3,6-7,10-12,14,16,19,25H,2,4-5,8-9,13,15,17H2,1H3,(H,26,28)/t25-/m0/s1. The highest BCUT2D eigenvalue weighted by Gasteiger charge is 2.33. The molecule has 2 aromatic rings. The van der Waals surface area contributed by atoms with Gasteiger partial charge in [-0.05, 0) is 30.9 Å². The van der Waals surface area contributed by atoms with Crippen LogP contribution in [0.25, 0.3) is 0 Å². The first-order chi connectivity index (χ1) is 14.1. The molecule has 4 rings (SSSR count). The number of anilines is 1. The Hall–Kier alpha value is -2.62. The molecule has 1 atom stereocenters. The summed E-state index contributed by atoms with van der Waals surface area (Å²) >= 11 is 0. The number of rotatable bonds is 4. The summed E-state index contributed by atoms with van der Waals surface area (Å²) in [6.07, 6.45) is 7.80. The largest absolute Gasteiger partial charge is 0.324 e. The quantitative estimate of drug-likeness (QED) is 0.777. The smallest absolute Gasteiger partial charge is 0.244 e. The van der Waals surface area contributed by atoms with Crippen LogP contribution in [0.5, 0.6) is 0 Å². The van der Waals surface area contributed by atoms with Crippen molar-refractivity contribution in [2.45, 2.75) is 57.9 Å². The number of amides is 2. The Kier molecular flexibility index (Phi) is 5.98. The van der Waals surface area contributed by atoms with Gasteiger partial charge in [-0.3, -0.25) is 9.59 Å². The number of carbonyl (C=O) groups excluding carboxylic acids is 2. The number of fused-ring (bicyclic) bond motifs is 1. The number of carbonyl (C=O) groups is 2. The summed E-state index contributed by atoms with van der Waals surface area (Å²) in [6, 6.07) is 15.9. The molecule has 0 radical (unpaired) electrons. The summed E-state index contributed by atoms with van der Waals surface area (Å²) in [7, 11) is 0. The Balaban J connectivity index is 1.66. The lowest BCUT2D eigenvalue weighted by Crippen LogP contribution is -2.39. The molecule has 0 aromatic heterocycles. The third-order valence-electron chi connectivity index (χ3n) is 6.33. The van der Waals surface area contributed by atoms with Gasteiger partial charge in [-0.15, -0.1) is 0 Å². The second-order valence-electron chi connectivity index (χ2n) is 8.52. The topological polar surface area (TPSA) is 49.4 Å². The second kappa shape index (κ2) is 8.81. The maximum absolute atomic E-state index is 13.4. The zero-order valence-corrected chi connectivity index (χ0v) is 17.2. The van der Waals surface area contributed by atoms with Crippen LogP contribution in [-0.4, -0.2) is 23.3 Å². The van der Waals surface area contributed by atoms with Gasteiger partial charge in [-0.2, -0.15) is 0 Å². The molecule has 1 heterocycles. The fourth-order valence-corrected chi connectivity index (χ4v) is 4.80. The van der Waals surface area contributed by atoms with E-state index in [4.69, 9.17) is 0 Å². The van der Waals surface area contributed by atoms with Crippen LogP contribution in [0.2, 0.25) is 0 Å². The van der Waals surface area contributed by atoms with Gasteiger partial charge in [0.05, 0.1) is 6.04 Å². The maximum atomic E-state index is 13.4. The van der Waals surface area contributed by atoms with E-state index in [-0.39, 0.29) is 24.4 Å². The Morgan fingerprint density at radius 3 is 2.59 bits per heavy atom. The van der Waals surface area contributed by atoms with Crippen molar-refractivity contribution in [3.05, 3.63) is 65.2 Å². The van der Waals surface area contributed by atoms with Gasteiger partial charge in [-0.1, -0.05) is 80.1 Å². The van der Waals surface area contributed by atoms with Gasteiger partial charge in [0.25, 0.3) is 0 Å². The first-order valence-corrected chi connectivity index (χ1v) is 10.9. The number of hydrogen-bond donors (Lipinski definition) is 1. The highest BCUT2D eigenvalue weighted by atomic mass is 16.2. The lowest BCUT2D eigenvalue weighted by molar-refractivity contribution is -0.136. The number of nitrogens with zero attached hydrogens (tertiary/aromatic N) is 1. The van der Waals surface area contributed by atoms with E-state index in [1.165, 1.54) is 32.1 Å². The van der Waals surface area contributed by atoms with Gasteiger partial charge in [-0.25, -0.2) is 0 Å².